The molecular formula is C12H13ClN2O2. The van der Waals surface area contributed by atoms with Crippen LogP contribution in [-0.2, 0) is 0 Å². The maximum atomic E-state index is 6.18. The molecule has 0 N–H and O–H groups in total. The van der Waals surface area contributed by atoms with Crippen LogP contribution in [0.5, 0.6) is 11.6 Å². The van der Waals surface area contributed by atoms with Crippen molar-refractivity contribution in [3.63, 3.8) is 0 Å². The lowest BCUT2D eigenvalue weighted by atomic mass is 10.2. The average molecular weight is 253 g/mol. The minimum absolute atomic E-state index is 0.0500. The van der Waals surface area contributed by atoms with Crippen molar-refractivity contribution in [1.29, 1.82) is 0 Å². The average Bonchev–Trinajstić information content (AvgIpc) is 2.30. The molecule has 0 amide bonds. The molecule has 5 heteroatoms. The summed E-state index contributed by atoms with van der Waals surface area (Å²) in [7, 11) is 1.57. The van der Waals surface area contributed by atoms with Crippen LogP contribution in [0.4, 0.5) is 0 Å². The lowest BCUT2D eigenvalue weighted by Gasteiger charge is -2.12. The first-order valence-electron chi connectivity index (χ1n) is 5.27. The zero-order valence-electron chi connectivity index (χ0n) is 9.90. The number of rotatable bonds is 3. The molecule has 1 heterocycles. The van der Waals surface area contributed by atoms with E-state index in [1.54, 1.807) is 13.2 Å². The Morgan fingerprint density at radius 3 is 2.65 bits per heavy atom. The Hall–Kier alpha value is -1.55. The minimum Gasteiger partial charge on any atom is -0.495 e. The van der Waals surface area contributed by atoms with Gasteiger partial charge in [-0.2, -0.15) is 0 Å². The zero-order chi connectivity index (χ0) is 12.4. The Kier molecular flexibility index (Phi) is 3.33. The standard InChI is InChI=1S/C12H13ClN2O2/c1-7(2)17-12-8-4-5-9(16-3)10(13)11(8)14-6-15-12/h4-7H,1-3H3. The predicted molar refractivity (Wildman–Crippen MR) is 66.9 cm³/mol. The molecule has 0 radical (unpaired) electrons. The normalized spacial score (nSPS) is 10.9. The van der Waals surface area contributed by atoms with E-state index < -0.39 is 0 Å². The fourth-order valence-corrected chi connectivity index (χ4v) is 1.82. The lowest BCUT2D eigenvalue weighted by molar-refractivity contribution is 0.235. The summed E-state index contributed by atoms with van der Waals surface area (Å²) < 4.78 is 10.7. The first-order valence-corrected chi connectivity index (χ1v) is 5.65. The van der Waals surface area contributed by atoms with Gasteiger partial charge in [0.2, 0.25) is 5.88 Å². The van der Waals surface area contributed by atoms with Gasteiger partial charge in [-0.05, 0) is 26.0 Å². The number of halogens is 1. The van der Waals surface area contributed by atoms with E-state index in [0.29, 0.717) is 22.2 Å². The second-order valence-corrected chi connectivity index (χ2v) is 4.20. The van der Waals surface area contributed by atoms with Crippen molar-refractivity contribution >= 4 is 22.5 Å². The third-order valence-corrected chi connectivity index (χ3v) is 2.61. The van der Waals surface area contributed by atoms with E-state index in [0.717, 1.165) is 5.39 Å². The smallest absolute Gasteiger partial charge is 0.224 e. The Balaban J connectivity index is 2.62. The van der Waals surface area contributed by atoms with Crippen LogP contribution in [-0.4, -0.2) is 23.2 Å². The van der Waals surface area contributed by atoms with Crippen LogP contribution in [0.3, 0.4) is 0 Å². The summed E-state index contributed by atoms with van der Waals surface area (Å²) in [6.45, 7) is 3.89. The summed E-state index contributed by atoms with van der Waals surface area (Å²) in [5.74, 6) is 1.13. The summed E-state index contributed by atoms with van der Waals surface area (Å²) in [6, 6.07) is 3.62. The molecule has 0 unspecified atom stereocenters. The topological polar surface area (TPSA) is 44.2 Å². The fourth-order valence-electron chi connectivity index (χ4n) is 1.53. The van der Waals surface area contributed by atoms with E-state index >= 15 is 0 Å². The summed E-state index contributed by atoms with van der Waals surface area (Å²) in [6.07, 6.45) is 1.49. The lowest BCUT2D eigenvalue weighted by Crippen LogP contribution is -2.07. The molecule has 90 valence electrons. The molecule has 1 aromatic heterocycles. The number of nitrogens with zero attached hydrogens (tertiary/aromatic N) is 2. The van der Waals surface area contributed by atoms with E-state index in [-0.39, 0.29) is 6.10 Å². The number of hydrogen-bond acceptors (Lipinski definition) is 4. The maximum Gasteiger partial charge on any atom is 0.224 e. The maximum absolute atomic E-state index is 6.18. The number of methoxy groups -OCH3 is 1. The molecule has 2 rings (SSSR count). The predicted octanol–water partition coefficient (Wildman–Crippen LogP) is 3.08. The van der Waals surface area contributed by atoms with E-state index in [1.807, 2.05) is 19.9 Å². The van der Waals surface area contributed by atoms with E-state index in [2.05, 4.69) is 9.97 Å². The summed E-state index contributed by atoms with van der Waals surface area (Å²) >= 11 is 6.18. The van der Waals surface area contributed by atoms with Crippen molar-refractivity contribution in [2.75, 3.05) is 7.11 Å². The molecule has 0 aliphatic carbocycles. The van der Waals surface area contributed by atoms with Crippen molar-refractivity contribution < 1.29 is 9.47 Å². The Morgan fingerprint density at radius 2 is 2.00 bits per heavy atom. The monoisotopic (exact) mass is 252 g/mol. The van der Waals surface area contributed by atoms with Crippen LogP contribution >= 0.6 is 11.6 Å². The van der Waals surface area contributed by atoms with E-state index in [1.165, 1.54) is 6.33 Å². The summed E-state index contributed by atoms with van der Waals surface area (Å²) in [4.78, 5) is 8.27. The molecule has 0 aliphatic rings. The SMILES string of the molecule is COc1ccc2c(OC(C)C)ncnc2c1Cl. The third-order valence-electron chi connectivity index (χ3n) is 2.24. The number of ether oxygens (including phenoxy) is 2. The van der Waals surface area contributed by atoms with E-state index in [9.17, 15) is 0 Å². The Labute approximate surface area is 105 Å². The minimum atomic E-state index is 0.0500. The molecule has 0 aliphatic heterocycles. The highest BCUT2D eigenvalue weighted by Gasteiger charge is 2.12. The number of fused-ring (bicyclic) bond motifs is 1. The fraction of sp³-hybridized carbons (Fsp3) is 0.333. The number of hydrogen-bond donors (Lipinski definition) is 0. The van der Waals surface area contributed by atoms with Gasteiger partial charge in [-0.1, -0.05) is 11.6 Å². The first-order chi connectivity index (χ1) is 8.13. The van der Waals surface area contributed by atoms with Crippen molar-refractivity contribution in [2.45, 2.75) is 20.0 Å². The van der Waals surface area contributed by atoms with E-state index in [4.69, 9.17) is 21.1 Å². The quantitative estimate of drug-likeness (QED) is 0.842. The van der Waals surface area contributed by atoms with Gasteiger partial charge >= 0.3 is 0 Å². The van der Waals surface area contributed by atoms with Gasteiger partial charge in [0.25, 0.3) is 0 Å². The highest BCUT2D eigenvalue weighted by atomic mass is 35.5. The van der Waals surface area contributed by atoms with Gasteiger partial charge in [-0.3, -0.25) is 0 Å². The Morgan fingerprint density at radius 1 is 1.24 bits per heavy atom. The zero-order valence-corrected chi connectivity index (χ0v) is 10.7. The molecule has 0 atom stereocenters. The third kappa shape index (κ3) is 2.26. The summed E-state index contributed by atoms with van der Waals surface area (Å²) in [5, 5.41) is 1.26. The van der Waals surface area contributed by atoms with Crippen LogP contribution in [0.2, 0.25) is 5.02 Å². The second-order valence-electron chi connectivity index (χ2n) is 3.82. The number of benzene rings is 1. The molecule has 0 fully saturated rings. The summed E-state index contributed by atoms with van der Waals surface area (Å²) in [5.41, 5.74) is 0.636. The molecule has 4 nitrogen and oxygen atoms in total. The van der Waals surface area contributed by atoms with Crippen molar-refractivity contribution in [1.82, 2.24) is 9.97 Å². The van der Waals surface area contributed by atoms with Crippen LogP contribution in [0.1, 0.15) is 13.8 Å². The largest absolute Gasteiger partial charge is 0.495 e. The van der Waals surface area contributed by atoms with Crippen molar-refractivity contribution in [2.24, 2.45) is 0 Å². The molecule has 0 bridgehead atoms. The molecule has 2 aromatic rings. The molecule has 1 aromatic carbocycles. The molecule has 17 heavy (non-hydrogen) atoms. The number of aromatic nitrogens is 2. The van der Waals surface area contributed by atoms with Gasteiger partial charge in [0.1, 0.15) is 17.1 Å². The van der Waals surface area contributed by atoms with Crippen LogP contribution < -0.4 is 9.47 Å². The van der Waals surface area contributed by atoms with Gasteiger partial charge in [0, 0.05) is 0 Å². The highest BCUT2D eigenvalue weighted by Crippen LogP contribution is 2.34. The van der Waals surface area contributed by atoms with Crippen molar-refractivity contribution in [3.8, 4) is 11.6 Å². The Bertz CT molecular complexity index is 543. The van der Waals surface area contributed by atoms with Gasteiger partial charge in [-0.15, -0.1) is 0 Å². The van der Waals surface area contributed by atoms with Crippen LogP contribution in [0, 0.1) is 0 Å². The molecular weight excluding hydrogens is 240 g/mol. The van der Waals surface area contributed by atoms with Gasteiger partial charge in [-0.25, -0.2) is 9.97 Å². The highest BCUT2D eigenvalue weighted by molar-refractivity contribution is 6.36. The van der Waals surface area contributed by atoms with Gasteiger partial charge in [0.05, 0.1) is 24.1 Å². The second kappa shape index (κ2) is 4.75. The van der Waals surface area contributed by atoms with Gasteiger partial charge in [0.15, 0.2) is 0 Å². The molecule has 0 spiro atoms. The van der Waals surface area contributed by atoms with Crippen molar-refractivity contribution in [3.05, 3.63) is 23.5 Å². The molecule has 0 saturated carbocycles. The van der Waals surface area contributed by atoms with Crippen LogP contribution in [0.15, 0.2) is 18.5 Å². The van der Waals surface area contributed by atoms with Crippen LogP contribution in [0.25, 0.3) is 10.9 Å². The first kappa shape index (κ1) is 11.9. The molecule has 0 saturated heterocycles. The van der Waals surface area contributed by atoms with Gasteiger partial charge < -0.3 is 9.47 Å².